The Morgan fingerprint density at radius 3 is 1.38 bits per heavy atom. The van der Waals surface area contributed by atoms with Gasteiger partial charge in [0.05, 0.1) is 0 Å². The molecule has 2 unspecified atom stereocenters. The van der Waals surface area contributed by atoms with Gasteiger partial charge >= 0.3 is 327 Å². The molecule has 0 nitrogen and oxygen atoms in total. The van der Waals surface area contributed by atoms with E-state index < -0.39 is 17.4 Å². The molecule has 0 spiro atoms. The Morgan fingerprint density at radius 1 is 0.545 bits per heavy atom. The third-order valence-corrected chi connectivity index (χ3v) is 46.1. The van der Waals surface area contributed by atoms with E-state index in [0.29, 0.717) is 7.25 Å². The molecular weight excluding hydrogens is 803 g/mol. The van der Waals surface area contributed by atoms with E-state index in [2.05, 4.69) is 133 Å². The summed E-state index contributed by atoms with van der Waals surface area (Å²) in [4.78, 5) is 0. The van der Waals surface area contributed by atoms with Gasteiger partial charge in [-0.1, -0.05) is 0 Å². The van der Waals surface area contributed by atoms with Crippen LogP contribution in [0.3, 0.4) is 0 Å². The average Bonchev–Trinajstić information content (AvgIpc) is 3.76. The van der Waals surface area contributed by atoms with Crippen LogP contribution in [0, 0.1) is 13.8 Å². The summed E-state index contributed by atoms with van der Waals surface area (Å²) in [6, 6.07) is 29.9. The van der Waals surface area contributed by atoms with Gasteiger partial charge in [0.2, 0.25) is 0 Å². The van der Waals surface area contributed by atoms with Crippen molar-refractivity contribution in [1.29, 1.82) is 0 Å². The van der Waals surface area contributed by atoms with Gasteiger partial charge in [-0.25, -0.2) is 0 Å². The Hall–Kier alpha value is -1.96. The topological polar surface area (TPSA) is 0 Å². The number of hydrogen-bond donors (Lipinski definition) is 0. The molecule has 0 N–H and O–H groups in total. The summed E-state index contributed by atoms with van der Waals surface area (Å²) < 4.78 is 3.81. The quantitative estimate of drug-likeness (QED) is 0.147. The molecule has 8 rings (SSSR count). The van der Waals surface area contributed by atoms with E-state index in [-0.39, 0.29) is 24.8 Å². The number of rotatable bonds is 9. The van der Waals surface area contributed by atoms with Crippen LogP contribution in [-0.4, -0.2) is 6.88 Å². The van der Waals surface area contributed by atoms with Crippen molar-refractivity contribution < 1.29 is 17.4 Å². The van der Waals surface area contributed by atoms with E-state index >= 15 is 0 Å². The summed E-state index contributed by atoms with van der Waals surface area (Å²) in [5.74, 6) is 1.50. The third kappa shape index (κ3) is 7.47. The van der Waals surface area contributed by atoms with Crippen LogP contribution in [0.25, 0.3) is 34.4 Å². The van der Waals surface area contributed by atoms with Gasteiger partial charge in [-0.15, -0.1) is 24.8 Å². The van der Waals surface area contributed by atoms with Crippen LogP contribution < -0.4 is 0 Å². The standard InChI is InChI=1S/C24H27.C23H25.2C2H5.2ClH.H2Si.Zr/c1-3-18-15-22-13-17(2)14-23(24(22)16-18)21-11-9-20(10-12-21)19-7-5-4-6-8-19;1-16-12-21-13-17(2)15-23(21)22(14-16)20-10-8-19(9-11-20)18-6-4-3-5-7-18;2*1-2;;;;/h9-16,19H,3-8H2,1-2H3;8-15,18H,3-7H2,1-2H3;2*1H2,2H3;2*1H;1H2;. The second-order valence-electron chi connectivity index (χ2n) is 18.2. The second kappa shape index (κ2) is 17.1. The first-order chi connectivity index (χ1) is 25.7. The molecule has 0 amide bonds. The number of benzene rings is 4. The molecule has 0 bridgehead atoms. The number of halogens is 2. The van der Waals surface area contributed by atoms with Crippen LogP contribution in [0.4, 0.5) is 0 Å². The zero-order valence-electron chi connectivity index (χ0n) is 34.6. The maximum Gasteiger partial charge on any atom is -0.147 e. The first-order valence-corrected chi connectivity index (χ1v) is 33.8. The molecule has 2 saturated carbocycles. The predicted molar refractivity (Wildman–Crippen MR) is 246 cm³/mol. The van der Waals surface area contributed by atoms with Gasteiger partial charge in [0, 0.05) is 0 Å². The number of aryl methyl sites for hydroxylation is 2. The van der Waals surface area contributed by atoms with E-state index in [0.717, 1.165) is 18.3 Å². The van der Waals surface area contributed by atoms with Crippen molar-refractivity contribution in [3.05, 3.63) is 128 Å². The molecule has 4 aliphatic rings. The molecule has 4 aromatic carbocycles. The van der Waals surface area contributed by atoms with Gasteiger partial charge in [0.15, 0.2) is 0 Å². The molecule has 4 aliphatic carbocycles. The van der Waals surface area contributed by atoms with Crippen LogP contribution in [0.2, 0.25) is 8.26 Å². The fraction of sp³-hybridized carbons (Fsp3) is 0.451. The smallest absolute Gasteiger partial charge is 0.147 e. The molecule has 55 heavy (non-hydrogen) atoms. The maximum absolute atomic E-state index is 3.80. The Bertz CT molecular complexity index is 2130. The van der Waals surface area contributed by atoms with E-state index in [4.69, 9.17) is 0 Å². The minimum atomic E-state index is -3.80. The van der Waals surface area contributed by atoms with Crippen molar-refractivity contribution in [2.45, 2.75) is 140 Å². The summed E-state index contributed by atoms with van der Waals surface area (Å²) >= 11 is -3.80. The van der Waals surface area contributed by atoms with Crippen molar-refractivity contribution in [3.63, 3.8) is 0 Å². The molecular formula is C51H66Cl2SiZr. The van der Waals surface area contributed by atoms with Gasteiger partial charge in [-0.05, 0) is 0 Å². The van der Waals surface area contributed by atoms with E-state index in [1.807, 2.05) is 0 Å². The molecule has 0 radical (unpaired) electrons. The Balaban J connectivity index is 0.00000257. The first-order valence-electron chi connectivity index (χ1n) is 21.6. The van der Waals surface area contributed by atoms with Gasteiger partial charge in [-0.2, -0.15) is 0 Å². The zero-order valence-corrected chi connectivity index (χ0v) is 40.1. The molecule has 2 atom stereocenters. The third-order valence-electron chi connectivity index (χ3n) is 15.2. The van der Waals surface area contributed by atoms with Crippen molar-refractivity contribution in [2.24, 2.45) is 0 Å². The molecule has 2 fully saturated rings. The molecule has 0 heterocycles. The van der Waals surface area contributed by atoms with E-state index in [1.165, 1.54) is 117 Å². The predicted octanol–water partition coefficient (Wildman–Crippen LogP) is 15.7. The first kappa shape index (κ1) is 42.6. The average molecular weight is 869 g/mol. The van der Waals surface area contributed by atoms with Crippen LogP contribution in [0.15, 0.2) is 83.9 Å². The van der Waals surface area contributed by atoms with Gasteiger partial charge in [-0.3, -0.25) is 0 Å². The summed E-state index contributed by atoms with van der Waals surface area (Å²) in [5, 5.41) is 0. The van der Waals surface area contributed by atoms with Gasteiger partial charge in [0.25, 0.3) is 0 Å². The molecule has 0 aromatic heterocycles. The molecule has 0 saturated heterocycles. The normalized spacial score (nSPS) is 20.2. The van der Waals surface area contributed by atoms with Crippen LogP contribution in [0.1, 0.15) is 162 Å². The fourth-order valence-electron chi connectivity index (χ4n) is 12.2. The number of hydrogen-bond acceptors (Lipinski definition) is 0. The monoisotopic (exact) mass is 866 g/mol. The summed E-state index contributed by atoms with van der Waals surface area (Å²) in [7, 11) is 0. The maximum atomic E-state index is 2.68. The molecule has 292 valence electrons. The van der Waals surface area contributed by atoms with E-state index in [9.17, 15) is 0 Å². The minimum Gasteiger partial charge on any atom is -0.147 e. The molecule has 0 aliphatic heterocycles. The largest absolute Gasteiger partial charge is 0.147 e. The van der Waals surface area contributed by atoms with Crippen molar-refractivity contribution in [3.8, 4) is 22.3 Å². The Labute approximate surface area is 348 Å². The Kier molecular flexibility index (Phi) is 13.3. The molecule has 4 aromatic rings. The molecule has 4 heteroatoms. The van der Waals surface area contributed by atoms with Crippen molar-refractivity contribution in [1.82, 2.24) is 0 Å². The zero-order chi connectivity index (χ0) is 36.9. The van der Waals surface area contributed by atoms with Crippen LogP contribution in [0.5, 0.6) is 0 Å². The number of allylic oxidation sites excluding steroid dienone is 2. The number of fused-ring (bicyclic) bond motifs is 2. The Morgan fingerprint density at radius 2 is 0.964 bits per heavy atom. The summed E-state index contributed by atoms with van der Waals surface area (Å²) in [6.07, 6.45) is 20.3. The fourth-order valence-corrected chi connectivity index (χ4v) is 36.0. The second-order valence-corrected chi connectivity index (χ2v) is 45.8. The van der Waals surface area contributed by atoms with Gasteiger partial charge < -0.3 is 0 Å². The van der Waals surface area contributed by atoms with E-state index in [1.54, 1.807) is 33.4 Å². The van der Waals surface area contributed by atoms with Crippen molar-refractivity contribution in [2.75, 3.05) is 0 Å². The van der Waals surface area contributed by atoms with Crippen LogP contribution in [-0.2, 0) is 17.4 Å². The van der Waals surface area contributed by atoms with Crippen LogP contribution >= 0.6 is 24.8 Å². The summed E-state index contributed by atoms with van der Waals surface area (Å²) in [6.45, 7) is 17.4. The SMILES string of the molecule is CCC1=Cc2c(-c3ccc(C4CCCCC4)cc3)cc(C)cc2[CH]1[Zr](=[SiH2])([CH2]C)([CH2]C)[CH]1C(C)=Cc2c(-c3ccc(C4CCCCC4)cc3)cc(C)cc21.Cl.Cl. The summed E-state index contributed by atoms with van der Waals surface area (Å²) in [5.41, 5.74) is 21.3. The minimum absolute atomic E-state index is 0. The van der Waals surface area contributed by atoms with Crippen molar-refractivity contribution >= 4 is 43.8 Å². The van der Waals surface area contributed by atoms with Gasteiger partial charge in [0.1, 0.15) is 0 Å².